The highest BCUT2D eigenvalue weighted by atomic mass is 16.5. The van der Waals surface area contributed by atoms with E-state index in [9.17, 15) is 4.79 Å². The summed E-state index contributed by atoms with van der Waals surface area (Å²) < 4.78 is 5.45. The maximum atomic E-state index is 12.7. The highest BCUT2D eigenvalue weighted by Gasteiger charge is 2.18. The Kier molecular flexibility index (Phi) is 6.92. The van der Waals surface area contributed by atoms with Crippen LogP contribution in [0.3, 0.4) is 0 Å². The zero-order valence-electron chi connectivity index (χ0n) is 18.6. The highest BCUT2D eigenvalue weighted by Crippen LogP contribution is 2.25. The van der Waals surface area contributed by atoms with Gasteiger partial charge in [0, 0.05) is 40.9 Å². The van der Waals surface area contributed by atoms with Crippen molar-refractivity contribution in [2.24, 2.45) is 0 Å². The Labute approximate surface area is 184 Å². The van der Waals surface area contributed by atoms with Crippen molar-refractivity contribution in [3.05, 3.63) is 59.8 Å². The van der Waals surface area contributed by atoms with Crippen molar-refractivity contribution in [3.63, 3.8) is 0 Å². The number of carbonyl (C=O) groups is 1. The molecule has 0 radical (unpaired) electrons. The molecule has 31 heavy (non-hydrogen) atoms. The first-order chi connectivity index (χ1) is 15.1. The number of amides is 1. The van der Waals surface area contributed by atoms with Crippen LogP contribution in [0.1, 0.15) is 54.9 Å². The lowest BCUT2D eigenvalue weighted by atomic mass is 9.94. The summed E-state index contributed by atoms with van der Waals surface area (Å²) in [6.45, 7) is 3.61. The summed E-state index contributed by atoms with van der Waals surface area (Å²) in [5.74, 6) is 0.659. The summed E-state index contributed by atoms with van der Waals surface area (Å²) in [4.78, 5) is 18.6. The summed E-state index contributed by atoms with van der Waals surface area (Å²) >= 11 is 0. The van der Waals surface area contributed by atoms with Crippen LogP contribution >= 0.6 is 0 Å². The second kappa shape index (κ2) is 10.0. The number of hydrogen-bond acceptors (Lipinski definition) is 3. The first-order valence-corrected chi connectivity index (χ1v) is 11.5. The number of carbonyl (C=O) groups excluding carboxylic acids is 1. The van der Waals surface area contributed by atoms with Crippen LogP contribution < -0.4 is 10.1 Å². The second-order valence-corrected chi connectivity index (χ2v) is 8.51. The third kappa shape index (κ3) is 5.28. The number of H-pyrrole nitrogens is 1. The third-order valence-corrected chi connectivity index (χ3v) is 6.38. The van der Waals surface area contributed by atoms with Crippen LogP contribution in [0.5, 0.6) is 5.75 Å². The number of fused-ring (bicyclic) bond motifs is 1. The number of rotatable bonds is 8. The maximum absolute atomic E-state index is 12.7. The van der Waals surface area contributed by atoms with Crippen molar-refractivity contribution in [1.82, 2.24) is 9.88 Å². The average Bonchev–Trinajstić information content (AvgIpc) is 3.21. The molecule has 164 valence electrons. The standard InChI is InChI=1S/C26H33N3O2/c1-3-31-23-12-9-19(10-13-23)26(30)28-21-11-14-25-24(17-21)20(18-27-25)15-16-29(2)22-7-5-4-6-8-22/h9-14,17-18,22,27H,3-8,15-16H2,1-2H3,(H,28,30). The van der Waals surface area contributed by atoms with Crippen LogP contribution in [0.4, 0.5) is 5.69 Å². The molecule has 1 aliphatic rings. The van der Waals surface area contributed by atoms with Gasteiger partial charge >= 0.3 is 0 Å². The van der Waals surface area contributed by atoms with Gasteiger partial charge in [-0.1, -0.05) is 19.3 Å². The molecule has 1 aliphatic carbocycles. The molecule has 5 nitrogen and oxygen atoms in total. The van der Waals surface area contributed by atoms with Gasteiger partial charge in [0.25, 0.3) is 5.91 Å². The lowest BCUT2D eigenvalue weighted by molar-refractivity contribution is 0.102. The number of aromatic amines is 1. The Morgan fingerprint density at radius 1 is 1.13 bits per heavy atom. The van der Waals surface area contributed by atoms with E-state index in [0.29, 0.717) is 12.2 Å². The van der Waals surface area contributed by atoms with Crippen LogP contribution in [-0.4, -0.2) is 42.0 Å². The van der Waals surface area contributed by atoms with Gasteiger partial charge in [-0.3, -0.25) is 4.79 Å². The van der Waals surface area contributed by atoms with E-state index in [1.807, 2.05) is 31.2 Å². The highest BCUT2D eigenvalue weighted by molar-refractivity contribution is 6.05. The van der Waals surface area contributed by atoms with E-state index in [2.05, 4.69) is 34.5 Å². The lowest BCUT2D eigenvalue weighted by Gasteiger charge is -2.31. The van der Waals surface area contributed by atoms with Crippen molar-refractivity contribution >= 4 is 22.5 Å². The molecule has 1 aromatic heterocycles. The smallest absolute Gasteiger partial charge is 0.255 e. The Hall–Kier alpha value is -2.79. The number of benzene rings is 2. The molecule has 1 amide bonds. The second-order valence-electron chi connectivity index (χ2n) is 8.51. The van der Waals surface area contributed by atoms with E-state index in [-0.39, 0.29) is 5.91 Å². The van der Waals surface area contributed by atoms with Crippen molar-refractivity contribution in [2.45, 2.75) is 51.5 Å². The first-order valence-electron chi connectivity index (χ1n) is 11.5. The quantitative estimate of drug-likeness (QED) is 0.498. The number of hydrogen-bond donors (Lipinski definition) is 2. The molecule has 3 aromatic rings. The SMILES string of the molecule is CCOc1ccc(C(=O)Nc2ccc3[nH]cc(CCN(C)C4CCCCC4)c3c2)cc1. The zero-order chi connectivity index (χ0) is 21.6. The number of nitrogens with zero attached hydrogens (tertiary/aromatic N) is 1. The van der Waals surface area contributed by atoms with Gasteiger partial charge in [0.15, 0.2) is 0 Å². The minimum atomic E-state index is -0.114. The number of ether oxygens (including phenoxy) is 1. The van der Waals surface area contributed by atoms with E-state index < -0.39 is 0 Å². The minimum absolute atomic E-state index is 0.114. The largest absolute Gasteiger partial charge is 0.494 e. The molecule has 0 aliphatic heterocycles. The summed E-state index contributed by atoms with van der Waals surface area (Å²) in [6.07, 6.45) is 9.87. The van der Waals surface area contributed by atoms with Gasteiger partial charge in [0.05, 0.1) is 6.61 Å². The van der Waals surface area contributed by atoms with Crippen LogP contribution in [0.15, 0.2) is 48.7 Å². The summed E-state index contributed by atoms with van der Waals surface area (Å²) in [7, 11) is 2.26. The molecule has 5 heteroatoms. The monoisotopic (exact) mass is 419 g/mol. The van der Waals surface area contributed by atoms with E-state index >= 15 is 0 Å². The zero-order valence-corrected chi connectivity index (χ0v) is 18.6. The average molecular weight is 420 g/mol. The Balaban J connectivity index is 1.41. The lowest BCUT2D eigenvalue weighted by Crippen LogP contribution is -2.34. The molecule has 1 heterocycles. The van der Waals surface area contributed by atoms with Crippen molar-refractivity contribution in [1.29, 1.82) is 0 Å². The van der Waals surface area contributed by atoms with Gasteiger partial charge in [-0.25, -0.2) is 0 Å². The van der Waals surface area contributed by atoms with E-state index in [1.54, 1.807) is 12.1 Å². The van der Waals surface area contributed by atoms with Gasteiger partial charge in [-0.05, 0) is 81.3 Å². The molecule has 0 atom stereocenters. The van der Waals surface area contributed by atoms with Gasteiger partial charge in [-0.15, -0.1) is 0 Å². The molecule has 2 N–H and O–H groups in total. The molecule has 0 spiro atoms. The summed E-state index contributed by atoms with van der Waals surface area (Å²) in [6, 6.07) is 14.0. The topological polar surface area (TPSA) is 57.4 Å². The fourth-order valence-electron chi connectivity index (χ4n) is 4.54. The van der Waals surface area contributed by atoms with Crippen LogP contribution in [0.25, 0.3) is 10.9 Å². The molecule has 0 unspecified atom stereocenters. The summed E-state index contributed by atoms with van der Waals surface area (Å²) in [5.41, 5.74) is 3.84. The third-order valence-electron chi connectivity index (χ3n) is 6.38. The van der Waals surface area contributed by atoms with Crippen molar-refractivity contribution < 1.29 is 9.53 Å². The van der Waals surface area contributed by atoms with Gasteiger partial charge in [0.2, 0.25) is 0 Å². The van der Waals surface area contributed by atoms with Gasteiger partial charge in [-0.2, -0.15) is 0 Å². The predicted molar refractivity (Wildman–Crippen MR) is 127 cm³/mol. The van der Waals surface area contributed by atoms with Crippen LogP contribution in [-0.2, 0) is 6.42 Å². The molecular formula is C26H33N3O2. The van der Waals surface area contributed by atoms with Crippen LogP contribution in [0, 0.1) is 0 Å². The normalized spacial score (nSPS) is 14.8. The number of aromatic nitrogens is 1. The minimum Gasteiger partial charge on any atom is -0.494 e. The van der Waals surface area contributed by atoms with Gasteiger partial charge in [0.1, 0.15) is 5.75 Å². The van der Waals surface area contributed by atoms with E-state index in [4.69, 9.17) is 4.74 Å². The molecule has 1 saturated carbocycles. The predicted octanol–water partition coefficient (Wildman–Crippen LogP) is 5.63. The molecular weight excluding hydrogens is 386 g/mol. The molecule has 4 rings (SSSR count). The number of anilines is 1. The Morgan fingerprint density at radius 2 is 1.90 bits per heavy atom. The first kappa shape index (κ1) is 21.4. The Morgan fingerprint density at radius 3 is 2.65 bits per heavy atom. The fraction of sp³-hybridized carbons (Fsp3) is 0.423. The van der Waals surface area contributed by atoms with Crippen molar-refractivity contribution in [2.75, 3.05) is 25.5 Å². The van der Waals surface area contributed by atoms with Crippen molar-refractivity contribution in [3.8, 4) is 5.75 Å². The Bertz CT molecular complexity index is 1000. The molecule has 1 fully saturated rings. The van der Waals surface area contributed by atoms with E-state index in [1.165, 1.54) is 43.1 Å². The van der Waals surface area contributed by atoms with E-state index in [0.717, 1.165) is 36.0 Å². The number of likely N-dealkylation sites (N-methyl/N-ethyl adjacent to an activating group) is 1. The number of nitrogens with one attached hydrogen (secondary N) is 2. The fourth-order valence-corrected chi connectivity index (χ4v) is 4.54. The summed E-state index contributed by atoms with van der Waals surface area (Å²) in [5, 5.41) is 4.21. The maximum Gasteiger partial charge on any atom is 0.255 e. The molecule has 0 bridgehead atoms. The van der Waals surface area contributed by atoms with Gasteiger partial charge < -0.3 is 19.9 Å². The molecule has 2 aromatic carbocycles. The van der Waals surface area contributed by atoms with Crippen LogP contribution in [0.2, 0.25) is 0 Å². The molecule has 0 saturated heterocycles.